The van der Waals surface area contributed by atoms with Crippen LogP contribution in [-0.2, 0) is 11.2 Å². The number of amides is 1. The lowest BCUT2D eigenvalue weighted by atomic mass is 10.2. The molecule has 0 saturated carbocycles. The Morgan fingerprint density at radius 3 is 2.47 bits per heavy atom. The first kappa shape index (κ1) is 15.2. The molecule has 0 fully saturated rings. The summed E-state index contributed by atoms with van der Waals surface area (Å²) in [6.45, 7) is 8.01. The van der Waals surface area contributed by atoms with Gasteiger partial charge in [0.1, 0.15) is 17.5 Å². The fourth-order valence-electron chi connectivity index (χ4n) is 1.85. The molecule has 0 bridgehead atoms. The number of nitrogens with two attached hydrogens (primary N) is 2. The third-order valence-electron chi connectivity index (χ3n) is 2.90. The van der Waals surface area contributed by atoms with Gasteiger partial charge in [0.15, 0.2) is 0 Å². The number of nitrogens with zero attached hydrogens (tertiary/aromatic N) is 3. The summed E-state index contributed by atoms with van der Waals surface area (Å²) in [5.41, 5.74) is 12.0. The number of hydrogen-bond donors (Lipinski definition) is 2. The summed E-state index contributed by atoms with van der Waals surface area (Å²) < 4.78 is 0. The molecule has 6 nitrogen and oxygen atoms in total. The number of primary amides is 1. The number of rotatable bonds is 6. The summed E-state index contributed by atoms with van der Waals surface area (Å²) in [4.78, 5) is 21.8. The van der Waals surface area contributed by atoms with Crippen LogP contribution in [0.5, 0.6) is 0 Å². The molecule has 1 aromatic heterocycles. The van der Waals surface area contributed by atoms with E-state index < -0.39 is 0 Å². The van der Waals surface area contributed by atoms with Gasteiger partial charge in [-0.2, -0.15) is 0 Å². The summed E-state index contributed by atoms with van der Waals surface area (Å²) in [7, 11) is 0. The summed E-state index contributed by atoms with van der Waals surface area (Å²) in [6.07, 6.45) is 1.71. The smallest absolute Gasteiger partial charge is 0.237 e. The first-order chi connectivity index (χ1) is 8.86. The van der Waals surface area contributed by atoms with Crippen LogP contribution in [0, 0.1) is 6.92 Å². The van der Waals surface area contributed by atoms with E-state index >= 15 is 0 Å². The second kappa shape index (κ2) is 6.36. The van der Waals surface area contributed by atoms with E-state index in [1.807, 2.05) is 25.7 Å². The monoisotopic (exact) mass is 265 g/mol. The van der Waals surface area contributed by atoms with E-state index in [-0.39, 0.29) is 18.5 Å². The second-order valence-electron chi connectivity index (χ2n) is 4.91. The summed E-state index contributed by atoms with van der Waals surface area (Å²) >= 11 is 0. The van der Waals surface area contributed by atoms with Crippen LogP contribution in [-0.4, -0.2) is 28.5 Å². The van der Waals surface area contributed by atoms with Crippen molar-refractivity contribution >= 4 is 17.5 Å². The van der Waals surface area contributed by atoms with E-state index in [0.717, 1.165) is 18.4 Å². The van der Waals surface area contributed by atoms with Crippen molar-refractivity contribution in [1.82, 2.24) is 9.97 Å². The van der Waals surface area contributed by atoms with Crippen LogP contribution in [0.2, 0.25) is 0 Å². The van der Waals surface area contributed by atoms with Gasteiger partial charge in [0.2, 0.25) is 5.91 Å². The molecule has 106 valence electrons. The molecule has 1 rings (SSSR count). The van der Waals surface area contributed by atoms with Gasteiger partial charge in [-0.05, 0) is 27.2 Å². The lowest BCUT2D eigenvalue weighted by Gasteiger charge is -2.28. The van der Waals surface area contributed by atoms with Gasteiger partial charge in [-0.25, -0.2) is 9.97 Å². The lowest BCUT2D eigenvalue weighted by Crippen LogP contribution is -2.40. The first-order valence-electron chi connectivity index (χ1n) is 6.54. The molecule has 0 aromatic carbocycles. The predicted molar refractivity (Wildman–Crippen MR) is 76.9 cm³/mol. The summed E-state index contributed by atoms with van der Waals surface area (Å²) in [6, 6.07) is 0.106. The van der Waals surface area contributed by atoms with Gasteiger partial charge < -0.3 is 16.4 Å². The van der Waals surface area contributed by atoms with Gasteiger partial charge in [-0.15, -0.1) is 0 Å². The second-order valence-corrected chi connectivity index (χ2v) is 4.91. The molecule has 0 saturated heterocycles. The van der Waals surface area contributed by atoms with Crippen LogP contribution in [0.25, 0.3) is 0 Å². The largest absolute Gasteiger partial charge is 0.383 e. The third-order valence-corrected chi connectivity index (χ3v) is 2.90. The van der Waals surface area contributed by atoms with Crippen molar-refractivity contribution in [2.45, 2.75) is 46.6 Å². The van der Waals surface area contributed by atoms with Gasteiger partial charge in [0.25, 0.3) is 0 Å². The molecular weight excluding hydrogens is 242 g/mol. The fraction of sp³-hybridized carbons (Fsp3) is 0.615. The van der Waals surface area contributed by atoms with Gasteiger partial charge in [0.05, 0.1) is 6.54 Å². The summed E-state index contributed by atoms with van der Waals surface area (Å²) in [5, 5.41) is 0. The number of anilines is 2. The predicted octanol–water partition coefficient (Wildman–Crippen LogP) is 1.02. The molecule has 1 amide bonds. The van der Waals surface area contributed by atoms with Gasteiger partial charge in [-0.1, -0.05) is 6.92 Å². The maximum Gasteiger partial charge on any atom is 0.237 e. The number of nitrogen functional groups attached to an aromatic ring is 1. The number of hydrogen-bond acceptors (Lipinski definition) is 5. The molecular formula is C13H23N5O. The Bertz CT molecular complexity index is 459. The zero-order valence-electron chi connectivity index (χ0n) is 12.1. The Kier molecular flexibility index (Phi) is 5.09. The minimum Gasteiger partial charge on any atom is -0.383 e. The highest BCUT2D eigenvalue weighted by Gasteiger charge is 2.19. The van der Waals surface area contributed by atoms with Crippen molar-refractivity contribution in [2.24, 2.45) is 5.73 Å². The van der Waals surface area contributed by atoms with E-state index in [1.165, 1.54) is 0 Å². The van der Waals surface area contributed by atoms with Crippen molar-refractivity contribution < 1.29 is 4.79 Å². The average Bonchev–Trinajstić information content (AvgIpc) is 2.30. The van der Waals surface area contributed by atoms with Crippen LogP contribution in [0.1, 0.15) is 38.6 Å². The minimum atomic E-state index is -0.387. The van der Waals surface area contributed by atoms with Crippen LogP contribution in [0.4, 0.5) is 11.6 Å². The average molecular weight is 265 g/mol. The lowest BCUT2D eigenvalue weighted by molar-refractivity contribution is -0.116. The Morgan fingerprint density at radius 1 is 1.37 bits per heavy atom. The van der Waals surface area contributed by atoms with Crippen molar-refractivity contribution in [1.29, 1.82) is 0 Å². The van der Waals surface area contributed by atoms with Gasteiger partial charge in [-0.3, -0.25) is 4.79 Å². The molecule has 0 unspecified atom stereocenters. The molecule has 1 heterocycles. The van der Waals surface area contributed by atoms with Gasteiger partial charge in [0, 0.05) is 18.0 Å². The van der Waals surface area contributed by atoms with Crippen molar-refractivity contribution in [3.05, 3.63) is 11.4 Å². The molecule has 0 aliphatic carbocycles. The van der Waals surface area contributed by atoms with E-state index in [2.05, 4.69) is 16.9 Å². The van der Waals surface area contributed by atoms with Crippen LogP contribution in [0.3, 0.4) is 0 Å². The minimum absolute atomic E-state index is 0.106. The molecule has 0 aliphatic rings. The van der Waals surface area contributed by atoms with E-state index in [1.54, 1.807) is 0 Å². The van der Waals surface area contributed by atoms with Gasteiger partial charge >= 0.3 is 0 Å². The topological polar surface area (TPSA) is 98.1 Å². The molecule has 0 aliphatic heterocycles. The fourth-order valence-corrected chi connectivity index (χ4v) is 1.85. The van der Waals surface area contributed by atoms with Crippen LogP contribution in [0.15, 0.2) is 0 Å². The highest BCUT2D eigenvalue weighted by atomic mass is 16.1. The number of carbonyl (C=O) groups excluding carboxylic acids is 1. The maximum atomic E-state index is 11.2. The molecule has 0 atom stereocenters. The highest BCUT2D eigenvalue weighted by molar-refractivity contribution is 5.80. The molecule has 4 N–H and O–H groups in total. The van der Waals surface area contributed by atoms with Crippen molar-refractivity contribution in [3.63, 3.8) is 0 Å². The number of carbonyl (C=O) groups is 1. The van der Waals surface area contributed by atoms with Crippen molar-refractivity contribution in [3.8, 4) is 0 Å². The zero-order chi connectivity index (χ0) is 14.6. The summed E-state index contributed by atoms with van der Waals surface area (Å²) in [5.74, 6) is 1.48. The zero-order valence-corrected chi connectivity index (χ0v) is 12.1. The Labute approximate surface area is 114 Å². The normalized spacial score (nSPS) is 10.8. The molecule has 0 radical (unpaired) electrons. The van der Waals surface area contributed by atoms with Crippen molar-refractivity contribution in [2.75, 3.05) is 17.2 Å². The highest BCUT2D eigenvalue weighted by Crippen LogP contribution is 2.23. The van der Waals surface area contributed by atoms with E-state index in [0.29, 0.717) is 17.5 Å². The first-order valence-corrected chi connectivity index (χ1v) is 6.54. The van der Waals surface area contributed by atoms with Crippen LogP contribution >= 0.6 is 0 Å². The molecule has 0 spiro atoms. The Morgan fingerprint density at radius 2 is 2.00 bits per heavy atom. The third kappa shape index (κ3) is 3.81. The Balaban J connectivity index is 3.23. The Hall–Kier alpha value is -1.85. The number of aryl methyl sites for hydroxylation is 1. The number of aromatic nitrogens is 2. The van der Waals surface area contributed by atoms with Crippen LogP contribution < -0.4 is 16.4 Å². The SMILES string of the molecule is CCCc1nc(N)c(C)c(N(CC(N)=O)C(C)C)n1. The standard InChI is InChI=1S/C13H23N5O/c1-5-6-11-16-12(15)9(4)13(17-11)18(8(2)3)7-10(14)19/h8H,5-7H2,1-4H3,(H2,14,19)(H2,15,16,17). The molecule has 1 aromatic rings. The molecule has 6 heteroatoms. The maximum absolute atomic E-state index is 11.2. The molecule has 19 heavy (non-hydrogen) atoms. The van der Waals surface area contributed by atoms with E-state index in [4.69, 9.17) is 11.5 Å². The quantitative estimate of drug-likeness (QED) is 0.800. The van der Waals surface area contributed by atoms with E-state index in [9.17, 15) is 4.79 Å².